The van der Waals surface area contributed by atoms with Crippen LogP contribution in [-0.4, -0.2) is 60.0 Å². The number of carbonyl (C=O) groups excluding carboxylic acids is 1. The third-order valence-corrected chi connectivity index (χ3v) is 7.80. The molecule has 2 aromatic carbocycles. The third-order valence-electron chi connectivity index (χ3n) is 7.80. The largest absolute Gasteiger partial charge is 0.339 e. The van der Waals surface area contributed by atoms with Crippen molar-refractivity contribution < 1.29 is 9.18 Å². The first kappa shape index (κ1) is 22.1. The van der Waals surface area contributed by atoms with Crippen LogP contribution < -0.4 is 5.32 Å². The van der Waals surface area contributed by atoms with Crippen LogP contribution in [0, 0.1) is 23.1 Å². The number of halogens is 1. The smallest absolute Gasteiger partial charge is 0.253 e. The summed E-state index contributed by atoms with van der Waals surface area (Å²) in [6.45, 7) is 4.34. The summed E-state index contributed by atoms with van der Waals surface area (Å²) < 4.78 is 13.2. The fourth-order valence-corrected chi connectivity index (χ4v) is 5.55. The first-order chi connectivity index (χ1) is 16.1. The van der Waals surface area contributed by atoms with Crippen LogP contribution in [0.3, 0.4) is 0 Å². The number of likely N-dealkylation sites (tertiary alicyclic amines) is 2. The maximum absolute atomic E-state index is 13.2. The predicted molar refractivity (Wildman–Crippen MR) is 125 cm³/mol. The van der Waals surface area contributed by atoms with E-state index in [1.54, 1.807) is 12.1 Å². The molecule has 1 saturated carbocycles. The number of rotatable bonds is 7. The minimum Gasteiger partial charge on any atom is -0.339 e. The van der Waals surface area contributed by atoms with E-state index >= 15 is 0 Å². The monoisotopic (exact) mass is 446 g/mol. The van der Waals surface area contributed by atoms with Gasteiger partial charge in [-0.15, -0.1) is 0 Å². The van der Waals surface area contributed by atoms with Gasteiger partial charge in [-0.3, -0.25) is 9.69 Å². The number of nitrogens with zero attached hydrogens (tertiary/aromatic N) is 3. The Labute approximate surface area is 195 Å². The van der Waals surface area contributed by atoms with Crippen molar-refractivity contribution in [2.75, 3.05) is 32.7 Å². The van der Waals surface area contributed by atoms with Crippen LogP contribution in [0.25, 0.3) is 0 Å². The molecule has 5 nitrogen and oxygen atoms in total. The molecule has 1 N–H and O–H groups in total. The first-order valence-electron chi connectivity index (χ1n) is 12.0. The molecule has 2 heterocycles. The minimum absolute atomic E-state index is 0.0522. The number of benzene rings is 2. The highest BCUT2D eigenvalue weighted by Crippen LogP contribution is 2.41. The molecule has 1 aliphatic carbocycles. The van der Waals surface area contributed by atoms with Gasteiger partial charge >= 0.3 is 0 Å². The summed E-state index contributed by atoms with van der Waals surface area (Å²) >= 11 is 0. The van der Waals surface area contributed by atoms with Crippen molar-refractivity contribution in [1.82, 2.24) is 15.1 Å². The van der Waals surface area contributed by atoms with Crippen LogP contribution >= 0.6 is 0 Å². The molecule has 3 aliphatic rings. The SMILES string of the molecule is N#CCC1(N2CC(CNC3CC3c3ccccc3)C2)CCN(C(=O)c2ccc(F)cc2)CC1. The van der Waals surface area contributed by atoms with Crippen LogP contribution in [0.4, 0.5) is 4.39 Å². The summed E-state index contributed by atoms with van der Waals surface area (Å²) in [6, 6.07) is 19.5. The van der Waals surface area contributed by atoms with E-state index in [9.17, 15) is 14.4 Å². The van der Waals surface area contributed by atoms with Crippen molar-refractivity contribution in [3.05, 3.63) is 71.5 Å². The lowest BCUT2D eigenvalue weighted by atomic mass is 9.79. The summed E-state index contributed by atoms with van der Waals surface area (Å²) in [6.07, 6.45) is 3.35. The molecule has 0 radical (unpaired) electrons. The molecule has 0 spiro atoms. The Balaban J connectivity index is 1.10. The standard InChI is InChI=1S/C27H31FN4O/c28-23-8-6-22(7-9-23)26(33)31-14-11-27(10-13-29,12-15-31)32-18-20(19-32)17-30-25-16-24(25)21-4-2-1-3-5-21/h1-9,20,24-25,30H,10-12,14-19H2. The Morgan fingerprint density at radius 2 is 1.79 bits per heavy atom. The molecule has 2 saturated heterocycles. The van der Waals surface area contributed by atoms with Crippen molar-refractivity contribution in [3.63, 3.8) is 0 Å². The quantitative estimate of drug-likeness (QED) is 0.703. The molecule has 1 amide bonds. The summed E-state index contributed by atoms with van der Waals surface area (Å²) in [5, 5.41) is 13.3. The highest BCUT2D eigenvalue weighted by Gasteiger charge is 2.46. The molecule has 2 aromatic rings. The molecule has 172 valence electrons. The highest BCUT2D eigenvalue weighted by atomic mass is 19.1. The number of carbonyl (C=O) groups is 1. The van der Waals surface area contributed by atoms with Gasteiger partial charge in [-0.2, -0.15) is 5.26 Å². The Hall–Kier alpha value is -2.75. The van der Waals surface area contributed by atoms with Crippen LogP contribution in [0.5, 0.6) is 0 Å². The van der Waals surface area contributed by atoms with E-state index in [1.807, 2.05) is 4.90 Å². The molecule has 6 heteroatoms. The maximum Gasteiger partial charge on any atom is 0.253 e. The zero-order chi connectivity index (χ0) is 22.8. The van der Waals surface area contributed by atoms with Crippen LogP contribution in [0.1, 0.15) is 47.5 Å². The lowest BCUT2D eigenvalue weighted by molar-refractivity contribution is -0.0449. The fraction of sp³-hybridized carbons (Fsp3) is 0.481. The van der Waals surface area contributed by atoms with E-state index < -0.39 is 0 Å². The summed E-state index contributed by atoms with van der Waals surface area (Å²) in [5.41, 5.74) is 1.82. The van der Waals surface area contributed by atoms with Crippen LogP contribution in [0.2, 0.25) is 0 Å². The molecular weight excluding hydrogens is 415 g/mol. The van der Waals surface area contributed by atoms with Crippen molar-refractivity contribution in [2.24, 2.45) is 5.92 Å². The van der Waals surface area contributed by atoms with Crippen molar-refractivity contribution in [2.45, 2.75) is 43.2 Å². The Morgan fingerprint density at radius 1 is 1.09 bits per heavy atom. The van der Waals surface area contributed by atoms with E-state index in [0.717, 1.165) is 32.5 Å². The van der Waals surface area contributed by atoms with Gasteiger partial charge in [0.2, 0.25) is 0 Å². The average molecular weight is 447 g/mol. The lowest BCUT2D eigenvalue weighted by Gasteiger charge is -2.54. The van der Waals surface area contributed by atoms with Crippen molar-refractivity contribution in [3.8, 4) is 6.07 Å². The number of amides is 1. The van der Waals surface area contributed by atoms with Gasteiger partial charge < -0.3 is 10.2 Å². The van der Waals surface area contributed by atoms with Crippen LogP contribution in [0.15, 0.2) is 54.6 Å². The molecule has 0 aromatic heterocycles. The number of nitriles is 1. The summed E-state index contributed by atoms with van der Waals surface area (Å²) in [5.74, 6) is 0.882. The number of piperidine rings is 1. The summed E-state index contributed by atoms with van der Waals surface area (Å²) in [4.78, 5) is 17.1. The van der Waals surface area contributed by atoms with Gasteiger partial charge in [-0.05, 0) is 55.0 Å². The lowest BCUT2D eigenvalue weighted by Crippen LogP contribution is -2.64. The molecule has 2 aliphatic heterocycles. The molecule has 2 atom stereocenters. The normalized spacial score (nSPS) is 24.7. The first-order valence-corrected chi connectivity index (χ1v) is 12.0. The zero-order valence-electron chi connectivity index (χ0n) is 18.9. The zero-order valence-corrected chi connectivity index (χ0v) is 18.9. The molecule has 0 bridgehead atoms. The van der Waals surface area contributed by atoms with Gasteiger partial charge in [-0.25, -0.2) is 4.39 Å². The number of nitrogens with one attached hydrogen (secondary N) is 1. The number of hydrogen-bond donors (Lipinski definition) is 1. The Morgan fingerprint density at radius 3 is 2.45 bits per heavy atom. The molecule has 33 heavy (non-hydrogen) atoms. The minimum atomic E-state index is -0.336. The van der Waals surface area contributed by atoms with Gasteiger partial charge in [-0.1, -0.05) is 30.3 Å². The van der Waals surface area contributed by atoms with E-state index in [-0.39, 0.29) is 17.3 Å². The van der Waals surface area contributed by atoms with Gasteiger partial charge in [0.1, 0.15) is 5.82 Å². The Bertz CT molecular complexity index is 1000. The van der Waals surface area contributed by atoms with Gasteiger partial charge in [0.05, 0.1) is 12.5 Å². The maximum atomic E-state index is 13.2. The van der Waals surface area contributed by atoms with Crippen LogP contribution in [-0.2, 0) is 0 Å². The Kier molecular flexibility index (Phi) is 6.18. The van der Waals surface area contributed by atoms with Gasteiger partial charge in [0.15, 0.2) is 0 Å². The van der Waals surface area contributed by atoms with E-state index in [2.05, 4.69) is 46.6 Å². The predicted octanol–water partition coefficient (Wildman–Crippen LogP) is 3.79. The highest BCUT2D eigenvalue weighted by molar-refractivity contribution is 5.94. The second-order valence-corrected chi connectivity index (χ2v) is 9.90. The molecule has 5 rings (SSSR count). The molecular formula is C27H31FN4O. The van der Waals surface area contributed by atoms with E-state index in [0.29, 0.717) is 43.0 Å². The van der Waals surface area contributed by atoms with Gasteiger partial charge in [0.25, 0.3) is 5.91 Å². The van der Waals surface area contributed by atoms with E-state index in [1.165, 1.54) is 24.1 Å². The molecule has 2 unspecified atom stereocenters. The number of hydrogen-bond acceptors (Lipinski definition) is 4. The average Bonchev–Trinajstić information content (AvgIpc) is 3.59. The third kappa shape index (κ3) is 4.66. The van der Waals surface area contributed by atoms with Crippen molar-refractivity contribution >= 4 is 5.91 Å². The second kappa shape index (κ2) is 9.24. The molecule has 3 fully saturated rings. The van der Waals surface area contributed by atoms with Crippen molar-refractivity contribution in [1.29, 1.82) is 5.26 Å². The topological polar surface area (TPSA) is 59.4 Å². The van der Waals surface area contributed by atoms with E-state index in [4.69, 9.17) is 0 Å². The summed E-state index contributed by atoms with van der Waals surface area (Å²) in [7, 11) is 0. The fourth-order valence-electron chi connectivity index (χ4n) is 5.55. The second-order valence-electron chi connectivity index (χ2n) is 9.90. The van der Waals surface area contributed by atoms with Gasteiger partial charge in [0, 0.05) is 55.8 Å².